The molecular weight excluding hydrogens is 312 g/mol. The molecule has 1 amide bonds. The summed E-state index contributed by atoms with van der Waals surface area (Å²) in [5.74, 6) is 2.61. The molecule has 1 saturated heterocycles. The van der Waals surface area contributed by atoms with E-state index in [0.29, 0.717) is 26.2 Å². The van der Waals surface area contributed by atoms with Gasteiger partial charge in [-0.05, 0) is 31.0 Å². The molecule has 6 heteroatoms. The maximum Gasteiger partial charge on any atom is 0.223 e. The Hall–Kier alpha value is -1.40. The first-order valence-corrected chi connectivity index (χ1v) is 9.28. The van der Waals surface area contributed by atoms with Gasteiger partial charge in [0, 0.05) is 42.6 Å². The first kappa shape index (κ1) is 16.5. The van der Waals surface area contributed by atoms with Gasteiger partial charge in [-0.3, -0.25) is 4.79 Å². The molecule has 1 unspecified atom stereocenters. The Balaban J connectivity index is 1.50. The Morgan fingerprint density at radius 2 is 2.09 bits per heavy atom. The number of benzene rings is 1. The van der Waals surface area contributed by atoms with Gasteiger partial charge >= 0.3 is 0 Å². The zero-order chi connectivity index (χ0) is 16.1. The Kier molecular flexibility index (Phi) is 5.67. The number of likely N-dealkylation sites (tertiary alicyclic amines) is 1. The highest BCUT2D eigenvalue weighted by molar-refractivity contribution is 7.99. The maximum absolute atomic E-state index is 12.3. The van der Waals surface area contributed by atoms with Crippen LogP contribution in [0.1, 0.15) is 25.7 Å². The second-order valence-electron chi connectivity index (χ2n) is 5.88. The Bertz CT molecular complexity index is 553. The van der Waals surface area contributed by atoms with Crippen LogP contribution in [0.25, 0.3) is 0 Å². The third kappa shape index (κ3) is 4.12. The molecule has 0 bridgehead atoms. The van der Waals surface area contributed by atoms with Crippen molar-refractivity contribution in [1.82, 2.24) is 4.90 Å². The number of rotatable bonds is 5. The summed E-state index contributed by atoms with van der Waals surface area (Å²) < 4.78 is 11.3. The van der Waals surface area contributed by atoms with Crippen molar-refractivity contribution >= 4 is 17.7 Å². The quantitative estimate of drug-likeness (QED) is 0.836. The van der Waals surface area contributed by atoms with Crippen LogP contribution < -0.4 is 15.2 Å². The van der Waals surface area contributed by atoms with Crippen LogP contribution in [0.4, 0.5) is 0 Å². The predicted octanol–water partition coefficient (Wildman–Crippen LogP) is 2.28. The molecule has 0 saturated carbocycles. The van der Waals surface area contributed by atoms with Gasteiger partial charge in [-0.25, -0.2) is 0 Å². The molecule has 23 heavy (non-hydrogen) atoms. The van der Waals surface area contributed by atoms with E-state index in [0.717, 1.165) is 48.0 Å². The van der Waals surface area contributed by atoms with Crippen molar-refractivity contribution in [2.24, 2.45) is 5.73 Å². The largest absolute Gasteiger partial charge is 0.490 e. The normalized spacial score (nSPS) is 20.4. The summed E-state index contributed by atoms with van der Waals surface area (Å²) in [6, 6.07) is 6.23. The number of nitrogens with zero attached hydrogens (tertiary/aromatic N) is 1. The van der Waals surface area contributed by atoms with Crippen LogP contribution in [0, 0.1) is 0 Å². The fraction of sp³-hybridized carbons (Fsp3) is 0.588. The fourth-order valence-electron chi connectivity index (χ4n) is 3.04. The third-order valence-electron chi connectivity index (χ3n) is 4.27. The van der Waals surface area contributed by atoms with E-state index in [-0.39, 0.29) is 11.9 Å². The molecule has 0 spiro atoms. The Labute approximate surface area is 141 Å². The zero-order valence-electron chi connectivity index (χ0n) is 13.3. The summed E-state index contributed by atoms with van der Waals surface area (Å²) in [5.41, 5.74) is 5.73. The van der Waals surface area contributed by atoms with Crippen molar-refractivity contribution in [3.63, 3.8) is 0 Å². The molecule has 0 aliphatic carbocycles. The number of hydrogen-bond donors (Lipinski definition) is 1. The fourth-order valence-corrected chi connectivity index (χ4v) is 3.91. The lowest BCUT2D eigenvalue weighted by molar-refractivity contribution is -0.131. The van der Waals surface area contributed by atoms with Crippen molar-refractivity contribution in [1.29, 1.82) is 0 Å². The van der Waals surface area contributed by atoms with Gasteiger partial charge in [-0.1, -0.05) is 0 Å². The van der Waals surface area contributed by atoms with Crippen molar-refractivity contribution in [3.05, 3.63) is 18.2 Å². The highest BCUT2D eigenvalue weighted by atomic mass is 32.2. The molecule has 5 nitrogen and oxygen atoms in total. The average Bonchev–Trinajstić information content (AvgIpc) is 2.93. The van der Waals surface area contributed by atoms with E-state index in [4.69, 9.17) is 15.2 Å². The Morgan fingerprint density at radius 3 is 2.91 bits per heavy atom. The van der Waals surface area contributed by atoms with E-state index in [1.807, 2.05) is 23.1 Å². The van der Waals surface area contributed by atoms with Crippen LogP contribution in [0.2, 0.25) is 0 Å². The highest BCUT2D eigenvalue weighted by Crippen LogP contribution is 2.34. The van der Waals surface area contributed by atoms with Crippen molar-refractivity contribution in [2.45, 2.75) is 36.6 Å². The summed E-state index contributed by atoms with van der Waals surface area (Å²) in [6.45, 7) is 2.82. The van der Waals surface area contributed by atoms with Crippen molar-refractivity contribution < 1.29 is 14.3 Å². The van der Waals surface area contributed by atoms with Gasteiger partial charge in [0.05, 0.1) is 13.2 Å². The SMILES string of the molecule is NCC1CCCN1C(=O)CCSc1ccc2c(c1)OCCCO2. The van der Waals surface area contributed by atoms with E-state index in [9.17, 15) is 4.79 Å². The maximum atomic E-state index is 12.3. The van der Waals surface area contributed by atoms with Crippen molar-refractivity contribution in [2.75, 3.05) is 32.1 Å². The van der Waals surface area contributed by atoms with Gasteiger partial charge in [0.1, 0.15) is 0 Å². The van der Waals surface area contributed by atoms with Gasteiger partial charge in [-0.15, -0.1) is 11.8 Å². The lowest BCUT2D eigenvalue weighted by Crippen LogP contribution is -2.40. The number of carbonyl (C=O) groups is 1. The van der Waals surface area contributed by atoms with E-state index in [1.165, 1.54) is 0 Å². The highest BCUT2D eigenvalue weighted by Gasteiger charge is 2.26. The third-order valence-corrected chi connectivity index (χ3v) is 5.27. The molecule has 3 rings (SSSR count). The summed E-state index contributed by atoms with van der Waals surface area (Å²) in [6.07, 6.45) is 3.57. The van der Waals surface area contributed by atoms with Gasteiger partial charge < -0.3 is 20.1 Å². The van der Waals surface area contributed by atoms with Crippen LogP contribution in [0.5, 0.6) is 11.5 Å². The molecule has 2 aliphatic rings. The standard InChI is InChI=1S/C17H24N2O3S/c18-12-13-3-1-7-19(13)17(20)6-10-23-14-4-5-15-16(11-14)22-9-2-8-21-15/h4-5,11,13H,1-3,6-10,12,18H2. The molecular formula is C17H24N2O3S. The minimum atomic E-state index is 0.222. The number of fused-ring (bicyclic) bond motifs is 1. The molecule has 1 aromatic carbocycles. The van der Waals surface area contributed by atoms with Crippen LogP contribution in [-0.2, 0) is 4.79 Å². The molecule has 1 fully saturated rings. The minimum Gasteiger partial charge on any atom is -0.490 e. The van der Waals surface area contributed by atoms with Gasteiger partial charge in [0.15, 0.2) is 11.5 Å². The number of ether oxygens (including phenoxy) is 2. The molecule has 0 aromatic heterocycles. The van der Waals surface area contributed by atoms with Gasteiger partial charge in [-0.2, -0.15) is 0 Å². The summed E-state index contributed by atoms with van der Waals surface area (Å²) >= 11 is 1.68. The number of hydrogen-bond acceptors (Lipinski definition) is 5. The first-order chi connectivity index (χ1) is 11.3. The number of thioether (sulfide) groups is 1. The number of nitrogens with two attached hydrogens (primary N) is 1. The molecule has 0 radical (unpaired) electrons. The average molecular weight is 336 g/mol. The summed E-state index contributed by atoms with van der Waals surface area (Å²) in [4.78, 5) is 15.4. The minimum absolute atomic E-state index is 0.222. The zero-order valence-corrected chi connectivity index (χ0v) is 14.1. The van der Waals surface area contributed by atoms with Crippen LogP contribution in [0.3, 0.4) is 0 Å². The Morgan fingerprint density at radius 1 is 1.26 bits per heavy atom. The summed E-state index contributed by atoms with van der Waals surface area (Å²) in [5, 5.41) is 0. The second kappa shape index (κ2) is 7.93. The van der Waals surface area contributed by atoms with Crippen LogP contribution >= 0.6 is 11.8 Å². The van der Waals surface area contributed by atoms with Crippen molar-refractivity contribution in [3.8, 4) is 11.5 Å². The topological polar surface area (TPSA) is 64.8 Å². The van der Waals surface area contributed by atoms with E-state index in [2.05, 4.69) is 0 Å². The molecule has 126 valence electrons. The molecule has 1 aromatic rings. The van der Waals surface area contributed by atoms with E-state index >= 15 is 0 Å². The van der Waals surface area contributed by atoms with Crippen LogP contribution in [-0.4, -0.2) is 48.9 Å². The molecule has 2 aliphatic heterocycles. The van der Waals surface area contributed by atoms with Crippen LogP contribution in [0.15, 0.2) is 23.1 Å². The number of carbonyl (C=O) groups excluding carboxylic acids is 1. The smallest absolute Gasteiger partial charge is 0.223 e. The lowest BCUT2D eigenvalue weighted by Gasteiger charge is -2.23. The van der Waals surface area contributed by atoms with Gasteiger partial charge in [0.25, 0.3) is 0 Å². The van der Waals surface area contributed by atoms with E-state index in [1.54, 1.807) is 11.8 Å². The summed E-state index contributed by atoms with van der Waals surface area (Å²) in [7, 11) is 0. The molecule has 1 atom stereocenters. The molecule has 2 N–H and O–H groups in total. The molecule has 2 heterocycles. The number of amides is 1. The lowest BCUT2D eigenvalue weighted by atomic mass is 10.2. The first-order valence-electron chi connectivity index (χ1n) is 8.30. The predicted molar refractivity (Wildman–Crippen MR) is 91.2 cm³/mol. The second-order valence-corrected chi connectivity index (χ2v) is 7.04. The van der Waals surface area contributed by atoms with E-state index < -0.39 is 0 Å². The monoisotopic (exact) mass is 336 g/mol. The van der Waals surface area contributed by atoms with Gasteiger partial charge in [0.2, 0.25) is 5.91 Å².